The van der Waals surface area contributed by atoms with Crippen LogP contribution in [0.5, 0.6) is 17.2 Å². The highest BCUT2D eigenvalue weighted by Gasteiger charge is 2.17. The van der Waals surface area contributed by atoms with E-state index in [1.807, 2.05) is 28.7 Å². The molecule has 0 aromatic heterocycles. The van der Waals surface area contributed by atoms with Crippen molar-refractivity contribution in [3.05, 3.63) is 90.2 Å². The minimum atomic E-state index is -0.641. The molecule has 0 spiro atoms. The number of halogens is 2. The summed E-state index contributed by atoms with van der Waals surface area (Å²) in [6.45, 7) is 0.125. The van der Waals surface area contributed by atoms with E-state index in [1.165, 1.54) is 12.3 Å². The molecule has 10 heteroatoms. The summed E-state index contributed by atoms with van der Waals surface area (Å²) in [4.78, 5) is 25.6. The molecule has 4 rings (SSSR count). The maximum absolute atomic E-state index is 12.9. The van der Waals surface area contributed by atoms with Crippen LogP contribution in [0.1, 0.15) is 21.5 Å². The van der Waals surface area contributed by atoms with Crippen LogP contribution in [0.3, 0.4) is 0 Å². The van der Waals surface area contributed by atoms with Crippen molar-refractivity contribution in [2.45, 2.75) is 0 Å². The number of nitrogens with one attached hydrogen (secondary N) is 2. The Hall–Kier alpha value is -3.13. The number of carbonyl (C=O) groups is 2. The summed E-state index contributed by atoms with van der Waals surface area (Å²) < 4.78 is 12.3. The van der Waals surface area contributed by atoms with Crippen molar-refractivity contribution in [1.82, 2.24) is 10.7 Å². The quantitative estimate of drug-likeness (QED) is 0.156. The Kier molecular flexibility index (Phi) is 7.67. The highest BCUT2D eigenvalue weighted by atomic mass is 127. The topological polar surface area (TPSA) is 109 Å². The van der Waals surface area contributed by atoms with Crippen LogP contribution >= 0.6 is 45.2 Å². The van der Waals surface area contributed by atoms with Gasteiger partial charge < -0.3 is 19.9 Å². The van der Waals surface area contributed by atoms with Gasteiger partial charge in [-0.15, -0.1) is 0 Å². The lowest BCUT2D eigenvalue weighted by molar-refractivity contribution is -0.117. The van der Waals surface area contributed by atoms with Crippen molar-refractivity contribution in [3.63, 3.8) is 0 Å². The van der Waals surface area contributed by atoms with Crippen LogP contribution in [0.25, 0.3) is 6.08 Å². The fourth-order valence-electron chi connectivity index (χ4n) is 3.02. The molecule has 34 heavy (non-hydrogen) atoms. The van der Waals surface area contributed by atoms with Crippen molar-refractivity contribution < 1.29 is 24.2 Å². The molecule has 1 aliphatic heterocycles. The fraction of sp³-hybridized carbons (Fsp3) is 0.0417. The van der Waals surface area contributed by atoms with Gasteiger partial charge in [-0.1, -0.05) is 24.3 Å². The second-order valence-electron chi connectivity index (χ2n) is 7.02. The van der Waals surface area contributed by atoms with Crippen molar-refractivity contribution in [2.24, 2.45) is 5.10 Å². The van der Waals surface area contributed by atoms with Gasteiger partial charge in [0, 0.05) is 14.7 Å². The summed E-state index contributed by atoms with van der Waals surface area (Å²) in [5.41, 5.74) is 3.85. The van der Waals surface area contributed by atoms with Gasteiger partial charge in [0.1, 0.15) is 11.4 Å². The molecule has 1 heterocycles. The average molecular weight is 681 g/mol. The zero-order chi connectivity index (χ0) is 24.1. The van der Waals surface area contributed by atoms with Crippen LogP contribution in [0.4, 0.5) is 0 Å². The molecule has 0 unspecified atom stereocenters. The van der Waals surface area contributed by atoms with E-state index in [4.69, 9.17) is 9.47 Å². The first kappa shape index (κ1) is 24.0. The molecule has 0 atom stereocenters. The Morgan fingerprint density at radius 2 is 1.76 bits per heavy atom. The minimum Gasteiger partial charge on any atom is -0.506 e. The lowest BCUT2D eigenvalue weighted by Crippen LogP contribution is -2.32. The van der Waals surface area contributed by atoms with E-state index in [9.17, 15) is 14.7 Å². The van der Waals surface area contributed by atoms with E-state index in [0.717, 1.165) is 3.57 Å². The maximum atomic E-state index is 12.9. The Labute approximate surface area is 222 Å². The third-order valence-corrected chi connectivity index (χ3v) is 6.11. The Bertz CT molecular complexity index is 1310. The van der Waals surface area contributed by atoms with Crippen molar-refractivity contribution in [3.8, 4) is 17.2 Å². The molecular weight excluding hydrogens is 664 g/mol. The van der Waals surface area contributed by atoms with Gasteiger partial charge in [0.25, 0.3) is 11.8 Å². The number of nitrogens with zero attached hydrogens (tertiary/aromatic N) is 1. The van der Waals surface area contributed by atoms with Crippen LogP contribution in [0.2, 0.25) is 0 Å². The van der Waals surface area contributed by atoms with Gasteiger partial charge in [0.2, 0.25) is 6.79 Å². The molecule has 172 valence electrons. The molecule has 0 radical (unpaired) electrons. The summed E-state index contributed by atoms with van der Waals surface area (Å²) in [7, 11) is 0. The molecule has 3 N–H and O–H groups in total. The molecule has 0 fully saturated rings. The number of hydrogen-bond donors (Lipinski definition) is 3. The number of phenolic OH excluding ortho intramolecular Hbond substituents is 1. The van der Waals surface area contributed by atoms with Crippen molar-refractivity contribution >= 4 is 69.3 Å². The number of amides is 2. The van der Waals surface area contributed by atoms with E-state index in [1.54, 1.807) is 54.6 Å². The van der Waals surface area contributed by atoms with Crippen molar-refractivity contribution in [2.75, 3.05) is 6.79 Å². The highest BCUT2D eigenvalue weighted by Crippen LogP contribution is 2.33. The van der Waals surface area contributed by atoms with Gasteiger partial charge in [0.05, 0.1) is 9.78 Å². The van der Waals surface area contributed by atoms with Gasteiger partial charge in [-0.2, -0.15) is 5.10 Å². The molecular formula is C24H17I2N3O5. The summed E-state index contributed by atoms with van der Waals surface area (Å²) in [5, 5.41) is 16.8. The Balaban J connectivity index is 1.58. The second-order valence-corrected chi connectivity index (χ2v) is 9.42. The molecule has 8 nitrogen and oxygen atoms in total. The van der Waals surface area contributed by atoms with Crippen LogP contribution in [0.15, 0.2) is 71.5 Å². The predicted octanol–water partition coefficient (Wildman–Crippen LogP) is 4.25. The average Bonchev–Trinajstić information content (AvgIpc) is 3.30. The number of fused-ring (bicyclic) bond motifs is 1. The first-order valence-corrected chi connectivity index (χ1v) is 12.1. The van der Waals surface area contributed by atoms with Gasteiger partial charge in [-0.3, -0.25) is 9.59 Å². The van der Waals surface area contributed by atoms with Crippen LogP contribution in [-0.2, 0) is 4.79 Å². The zero-order valence-corrected chi connectivity index (χ0v) is 21.7. The number of hydrazone groups is 1. The van der Waals surface area contributed by atoms with Crippen LogP contribution in [0, 0.1) is 7.14 Å². The Morgan fingerprint density at radius 3 is 2.56 bits per heavy atom. The lowest BCUT2D eigenvalue weighted by atomic mass is 10.1. The first-order chi connectivity index (χ1) is 16.4. The number of rotatable bonds is 6. The smallest absolute Gasteiger partial charge is 0.287 e. The van der Waals surface area contributed by atoms with E-state index < -0.39 is 11.8 Å². The molecule has 3 aromatic carbocycles. The van der Waals surface area contributed by atoms with E-state index in [0.29, 0.717) is 31.8 Å². The summed E-state index contributed by atoms with van der Waals surface area (Å²) >= 11 is 4.14. The molecule has 3 aromatic rings. The van der Waals surface area contributed by atoms with Gasteiger partial charge in [0.15, 0.2) is 11.5 Å². The van der Waals surface area contributed by atoms with Crippen molar-refractivity contribution in [1.29, 1.82) is 0 Å². The second kappa shape index (κ2) is 10.9. The number of ether oxygens (including phenoxy) is 2. The largest absolute Gasteiger partial charge is 0.506 e. The molecule has 1 aliphatic rings. The highest BCUT2D eigenvalue weighted by molar-refractivity contribution is 14.1. The standard InChI is InChI=1S/C24H17I2N3O5/c25-17-10-16(22(30)18(26)11-17)12-27-29-24(32)19(28-23(31)15-4-2-1-3-5-15)8-14-6-7-20-21(9-14)34-13-33-20/h1-12,30H,13H2,(H,28,31)(H,29,32). The van der Waals surface area contributed by atoms with E-state index >= 15 is 0 Å². The molecule has 0 bridgehead atoms. The number of aromatic hydroxyl groups is 1. The predicted molar refractivity (Wildman–Crippen MR) is 144 cm³/mol. The number of phenols is 1. The number of benzene rings is 3. The lowest BCUT2D eigenvalue weighted by Gasteiger charge is -2.10. The van der Waals surface area contributed by atoms with E-state index in [2.05, 4.69) is 38.4 Å². The molecule has 0 aliphatic carbocycles. The fourth-order valence-corrected chi connectivity index (χ4v) is 4.91. The van der Waals surface area contributed by atoms with Crippen LogP contribution in [-0.4, -0.2) is 29.9 Å². The minimum absolute atomic E-state index is 0.0219. The Morgan fingerprint density at radius 1 is 1.00 bits per heavy atom. The third kappa shape index (κ3) is 5.86. The summed E-state index contributed by atoms with van der Waals surface area (Å²) in [5.74, 6) is 0.125. The SMILES string of the molecule is O=C(NN=Cc1cc(I)cc(I)c1O)C(=Cc1ccc2c(c1)OCO2)NC(=O)c1ccccc1. The first-order valence-electron chi connectivity index (χ1n) is 9.90. The normalized spacial score (nSPS) is 12.6. The number of hydrogen-bond acceptors (Lipinski definition) is 6. The maximum Gasteiger partial charge on any atom is 0.287 e. The zero-order valence-electron chi connectivity index (χ0n) is 17.4. The molecule has 2 amide bonds. The van der Waals surface area contributed by atoms with Gasteiger partial charge >= 0.3 is 0 Å². The number of carbonyl (C=O) groups excluding carboxylic acids is 2. The third-order valence-electron chi connectivity index (χ3n) is 4.66. The monoisotopic (exact) mass is 681 g/mol. The van der Waals surface area contributed by atoms with Gasteiger partial charge in [-0.05, 0) is 93.2 Å². The van der Waals surface area contributed by atoms with E-state index in [-0.39, 0.29) is 18.2 Å². The molecule has 0 saturated carbocycles. The summed E-state index contributed by atoms with van der Waals surface area (Å²) in [6, 6.07) is 17.3. The summed E-state index contributed by atoms with van der Waals surface area (Å²) in [6.07, 6.45) is 2.86. The molecule has 0 saturated heterocycles. The van der Waals surface area contributed by atoms with Crippen LogP contribution < -0.4 is 20.2 Å². The van der Waals surface area contributed by atoms with Gasteiger partial charge in [-0.25, -0.2) is 5.43 Å².